The number of ether oxygens (including phenoxy) is 1. The second-order valence-electron chi connectivity index (χ2n) is 3.88. The van der Waals surface area contributed by atoms with Gasteiger partial charge in [0.25, 0.3) is 0 Å². The molecule has 1 aliphatic rings. The SMILES string of the molecule is Cc1sc(CCCO)nc1C1CCCO1. The van der Waals surface area contributed by atoms with E-state index in [1.54, 1.807) is 11.3 Å². The summed E-state index contributed by atoms with van der Waals surface area (Å²) in [5.41, 5.74) is 1.13. The first-order valence-electron chi connectivity index (χ1n) is 5.50. The van der Waals surface area contributed by atoms with Gasteiger partial charge in [-0.15, -0.1) is 11.3 Å². The van der Waals surface area contributed by atoms with Gasteiger partial charge in [-0.05, 0) is 26.2 Å². The number of hydrogen-bond acceptors (Lipinski definition) is 4. The fourth-order valence-electron chi connectivity index (χ4n) is 1.89. The number of rotatable bonds is 4. The molecule has 15 heavy (non-hydrogen) atoms. The first kappa shape index (κ1) is 11.0. The highest BCUT2D eigenvalue weighted by Gasteiger charge is 2.22. The van der Waals surface area contributed by atoms with E-state index in [0.29, 0.717) is 0 Å². The van der Waals surface area contributed by atoms with Gasteiger partial charge in [0.2, 0.25) is 0 Å². The Balaban J connectivity index is 2.06. The molecule has 0 spiro atoms. The smallest absolute Gasteiger partial charge is 0.101 e. The van der Waals surface area contributed by atoms with Gasteiger partial charge in [-0.25, -0.2) is 4.98 Å². The van der Waals surface area contributed by atoms with Crippen LogP contribution in [0.15, 0.2) is 0 Å². The molecule has 0 saturated carbocycles. The molecule has 1 unspecified atom stereocenters. The van der Waals surface area contributed by atoms with Crippen molar-refractivity contribution in [1.82, 2.24) is 4.98 Å². The summed E-state index contributed by atoms with van der Waals surface area (Å²) in [6, 6.07) is 0. The zero-order valence-corrected chi connectivity index (χ0v) is 9.85. The zero-order chi connectivity index (χ0) is 10.7. The molecule has 84 valence electrons. The largest absolute Gasteiger partial charge is 0.396 e. The standard InChI is InChI=1S/C11H17NO2S/c1-8-11(9-4-3-7-14-9)12-10(15-8)5-2-6-13/h9,13H,2-7H2,1H3. The van der Waals surface area contributed by atoms with Gasteiger partial charge in [0, 0.05) is 24.5 Å². The maximum absolute atomic E-state index is 8.77. The van der Waals surface area contributed by atoms with Gasteiger partial charge in [0.15, 0.2) is 0 Å². The molecule has 2 heterocycles. The lowest BCUT2D eigenvalue weighted by molar-refractivity contribution is 0.108. The van der Waals surface area contributed by atoms with E-state index in [2.05, 4.69) is 11.9 Å². The van der Waals surface area contributed by atoms with Crippen molar-refractivity contribution in [3.63, 3.8) is 0 Å². The molecule has 1 aromatic rings. The highest BCUT2D eigenvalue weighted by molar-refractivity contribution is 7.11. The monoisotopic (exact) mass is 227 g/mol. The number of aryl methyl sites for hydroxylation is 2. The summed E-state index contributed by atoms with van der Waals surface area (Å²) in [5, 5.41) is 9.90. The minimum absolute atomic E-state index is 0.226. The first-order valence-corrected chi connectivity index (χ1v) is 6.31. The highest BCUT2D eigenvalue weighted by Crippen LogP contribution is 2.32. The molecular formula is C11H17NO2S. The number of hydrogen-bond donors (Lipinski definition) is 1. The molecule has 0 radical (unpaired) electrons. The van der Waals surface area contributed by atoms with E-state index in [0.717, 1.165) is 43.0 Å². The molecule has 0 amide bonds. The predicted molar refractivity (Wildman–Crippen MR) is 60.2 cm³/mol. The summed E-state index contributed by atoms with van der Waals surface area (Å²) >= 11 is 1.74. The second-order valence-corrected chi connectivity index (χ2v) is 5.17. The summed E-state index contributed by atoms with van der Waals surface area (Å²) in [5.74, 6) is 0. The molecule has 1 fully saturated rings. The highest BCUT2D eigenvalue weighted by atomic mass is 32.1. The Labute approximate surface area is 94.1 Å². The molecule has 0 aliphatic carbocycles. The van der Waals surface area contributed by atoms with Crippen molar-refractivity contribution in [2.75, 3.05) is 13.2 Å². The van der Waals surface area contributed by atoms with Crippen LogP contribution in [0.25, 0.3) is 0 Å². The molecule has 1 N–H and O–H groups in total. The summed E-state index contributed by atoms with van der Waals surface area (Å²) < 4.78 is 5.63. The number of aromatic nitrogens is 1. The normalized spacial score (nSPS) is 21.1. The minimum atomic E-state index is 0.226. The summed E-state index contributed by atoms with van der Waals surface area (Å²) in [7, 11) is 0. The quantitative estimate of drug-likeness (QED) is 0.857. The molecule has 0 aromatic carbocycles. The lowest BCUT2D eigenvalue weighted by atomic mass is 10.2. The topological polar surface area (TPSA) is 42.4 Å². The zero-order valence-electron chi connectivity index (χ0n) is 9.03. The summed E-state index contributed by atoms with van der Waals surface area (Å²) in [6.07, 6.45) is 4.16. The van der Waals surface area contributed by atoms with E-state index in [4.69, 9.17) is 9.84 Å². The Morgan fingerprint density at radius 2 is 2.47 bits per heavy atom. The molecule has 3 nitrogen and oxygen atoms in total. The third-order valence-corrected chi connectivity index (χ3v) is 3.71. The number of aliphatic hydroxyl groups excluding tert-OH is 1. The van der Waals surface area contributed by atoms with Crippen LogP contribution in [0.1, 0.15) is 40.9 Å². The fraction of sp³-hybridized carbons (Fsp3) is 0.727. The van der Waals surface area contributed by atoms with Gasteiger partial charge < -0.3 is 9.84 Å². The Kier molecular flexibility index (Phi) is 3.72. The van der Waals surface area contributed by atoms with Gasteiger partial charge in [-0.2, -0.15) is 0 Å². The van der Waals surface area contributed by atoms with Crippen LogP contribution in [-0.2, 0) is 11.2 Å². The molecule has 1 atom stereocenters. The average molecular weight is 227 g/mol. The van der Waals surface area contributed by atoms with E-state index >= 15 is 0 Å². The molecule has 1 saturated heterocycles. The molecule has 4 heteroatoms. The van der Waals surface area contributed by atoms with E-state index in [1.165, 1.54) is 4.88 Å². The number of nitrogens with zero attached hydrogens (tertiary/aromatic N) is 1. The first-order chi connectivity index (χ1) is 7.31. The average Bonchev–Trinajstić information content (AvgIpc) is 2.83. The van der Waals surface area contributed by atoms with Crippen molar-refractivity contribution in [2.24, 2.45) is 0 Å². The minimum Gasteiger partial charge on any atom is -0.396 e. The molecular weight excluding hydrogens is 210 g/mol. The van der Waals surface area contributed by atoms with Crippen molar-refractivity contribution in [3.8, 4) is 0 Å². The van der Waals surface area contributed by atoms with Crippen LogP contribution >= 0.6 is 11.3 Å². The molecule has 1 aromatic heterocycles. The second kappa shape index (κ2) is 5.05. The Hall–Kier alpha value is -0.450. The van der Waals surface area contributed by atoms with Crippen molar-refractivity contribution in [2.45, 2.75) is 38.7 Å². The van der Waals surface area contributed by atoms with Crippen LogP contribution in [0, 0.1) is 6.92 Å². The number of thiazole rings is 1. The molecule has 1 aliphatic heterocycles. The maximum atomic E-state index is 8.77. The van der Waals surface area contributed by atoms with Crippen LogP contribution in [0.5, 0.6) is 0 Å². The Bertz CT molecular complexity index is 318. The van der Waals surface area contributed by atoms with E-state index < -0.39 is 0 Å². The van der Waals surface area contributed by atoms with Gasteiger partial charge in [-0.1, -0.05) is 0 Å². The predicted octanol–water partition coefficient (Wildman–Crippen LogP) is 2.23. The van der Waals surface area contributed by atoms with Crippen LogP contribution in [0.2, 0.25) is 0 Å². The van der Waals surface area contributed by atoms with E-state index in [1.807, 2.05) is 0 Å². The van der Waals surface area contributed by atoms with Crippen LogP contribution in [-0.4, -0.2) is 23.3 Å². The third-order valence-electron chi connectivity index (χ3n) is 2.66. The van der Waals surface area contributed by atoms with Crippen molar-refractivity contribution in [3.05, 3.63) is 15.6 Å². The van der Waals surface area contributed by atoms with Crippen LogP contribution < -0.4 is 0 Å². The van der Waals surface area contributed by atoms with Crippen molar-refractivity contribution < 1.29 is 9.84 Å². The van der Waals surface area contributed by atoms with E-state index in [-0.39, 0.29) is 12.7 Å². The fourth-order valence-corrected chi connectivity index (χ4v) is 2.92. The van der Waals surface area contributed by atoms with Crippen molar-refractivity contribution >= 4 is 11.3 Å². The van der Waals surface area contributed by atoms with Gasteiger partial charge in [-0.3, -0.25) is 0 Å². The van der Waals surface area contributed by atoms with Gasteiger partial charge in [0.1, 0.15) is 6.10 Å². The Morgan fingerprint density at radius 1 is 1.60 bits per heavy atom. The summed E-state index contributed by atoms with van der Waals surface area (Å²) in [6.45, 7) is 3.22. The van der Waals surface area contributed by atoms with Crippen LogP contribution in [0.4, 0.5) is 0 Å². The van der Waals surface area contributed by atoms with Gasteiger partial charge >= 0.3 is 0 Å². The number of aliphatic hydroxyl groups is 1. The third kappa shape index (κ3) is 2.56. The molecule has 2 rings (SSSR count). The maximum Gasteiger partial charge on any atom is 0.101 e. The van der Waals surface area contributed by atoms with Crippen LogP contribution in [0.3, 0.4) is 0 Å². The Morgan fingerprint density at radius 3 is 3.13 bits per heavy atom. The lowest BCUT2D eigenvalue weighted by Crippen LogP contribution is -1.98. The molecule has 0 bridgehead atoms. The summed E-state index contributed by atoms with van der Waals surface area (Å²) in [4.78, 5) is 5.88. The van der Waals surface area contributed by atoms with Gasteiger partial charge in [0.05, 0.1) is 10.7 Å². The lowest BCUT2D eigenvalue weighted by Gasteiger charge is -2.06. The van der Waals surface area contributed by atoms with Crippen molar-refractivity contribution in [1.29, 1.82) is 0 Å². The van der Waals surface area contributed by atoms with E-state index in [9.17, 15) is 0 Å².